The molecule has 8 nitrogen and oxygen atoms in total. The van der Waals surface area contributed by atoms with Crippen LogP contribution < -0.4 is 15.4 Å². The molecule has 2 heterocycles. The molecule has 0 saturated carbocycles. The summed E-state index contributed by atoms with van der Waals surface area (Å²) >= 11 is 1.53. The number of amides is 2. The topological polar surface area (TPSA) is 96.5 Å². The monoisotopic (exact) mass is 635 g/mol. The zero-order chi connectivity index (χ0) is 32.7. The number of hydrogen-bond acceptors (Lipinski definition) is 7. The van der Waals surface area contributed by atoms with Crippen molar-refractivity contribution in [2.24, 2.45) is 0 Å². The summed E-state index contributed by atoms with van der Waals surface area (Å²) in [5, 5.41) is 9.20. The third-order valence-corrected chi connectivity index (χ3v) is 7.99. The Hall–Kier alpha value is -4.86. The summed E-state index contributed by atoms with van der Waals surface area (Å²) in [6.07, 6.45) is 4.18. The standard InChI is InChI=1S/C30H33N5O3S.C7H8/c1-21-20-39-28(34-21)19-35(2)30(37)26-15-24(23-8-5-10-32-18-23)14-25(16-26)29(36)33-12-6-11-31-17-22-7-4-9-27(13-22)38-3;1-7-5-3-2-4-6-7/h4-5,7-10,13-16,18,20,31H,6,11-12,17,19H2,1-3H3,(H,33,36);2-6H,1H3. The van der Waals surface area contributed by atoms with Crippen molar-refractivity contribution in [3.8, 4) is 16.9 Å². The molecule has 9 heteroatoms. The maximum absolute atomic E-state index is 13.3. The Morgan fingerprint density at radius 1 is 0.891 bits per heavy atom. The van der Waals surface area contributed by atoms with E-state index in [4.69, 9.17) is 4.74 Å². The van der Waals surface area contributed by atoms with Gasteiger partial charge in [-0.25, -0.2) is 4.98 Å². The number of benzene rings is 3. The number of thiazole rings is 1. The quantitative estimate of drug-likeness (QED) is 0.148. The number of aromatic nitrogens is 2. The van der Waals surface area contributed by atoms with Crippen LogP contribution in [0.2, 0.25) is 0 Å². The Morgan fingerprint density at radius 2 is 1.70 bits per heavy atom. The van der Waals surface area contributed by atoms with Gasteiger partial charge in [0.2, 0.25) is 0 Å². The smallest absolute Gasteiger partial charge is 0.254 e. The van der Waals surface area contributed by atoms with Gasteiger partial charge in [-0.05, 0) is 74.3 Å². The van der Waals surface area contributed by atoms with Gasteiger partial charge < -0.3 is 20.3 Å². The van der Waals surface area contributed by atoms with Crippen molar-refractivity contribution in [3.05, 3.63) is 136 Å². The maximum Gasteiger partial charge on any atom is 0.254 e. The predicted octanol–water partition coefficient (Wildman–Crippen LogP) is 6.70. The zero-order valence-electron chi connectivity index (χ0n) is 26.8. The second-order valence-corrected chi connectivity index (χ2v) is 11.8. The fourth-order valence-corrected chi connectivity index (χ4v) is 5.44. The first-order chi connectivity index (χ1) is 22.3. The number of aryl methyl sites for hydroxylation is 2. The lowest BCUT2D eigenvalue weighted by atomic mass is 9.99. The zero-order valence-corrected chi connectivity index (χ0v) is 27.6. The van der Waals surface area contributed by atoms with E-state index in [1.54, 1.807) is 43.6 Å². The molecule has 0 unspecified atom stereocenters. The van der Waals surface area contributed by atoms with Crippen LogP contribution in [0.5, 0.6) is 5.75 Å². The minimum absolute atomic E-state index is 0.176. The lowest BCUT2D eigenvalue weighted by Gasteiger charge is -2.17. The highest BCUT2D eigenvalue weighted by atomic mass is 32.1. The predicted molar refractivity (Wildman–Crippen MR) is 185 cm³/mol. The first kappa shape index (κ1) is 34.0. The summed E-state index contributed by atoms with van der Waals surface area (Å²) in [6, 6.07) is 27.2. The van der Waals surface area contributed by atoms with Gasteiger partial charge in [0, 0.05) is 60.3 Å². The number of nitrogens with one attached hydrogen (secondary N) is 2. The fraction of sp³-hybridized carbons (Fsp3) is 0.243. The van der Waals surface area contributed by atoms with Crippen molar-refractivity contribution in [1.82, 2.24) is 25.5 Å². The molecular formula is C37H41N5O3S. The highest BCUT2D eigenvalue weighted by Crippen LogP contribution is 2.23. The Bertz CT molecular complexity index is 1690. The van der Waals surface area contributed by atoms with Crippen LogP contribution in [0, 0.1) is 13.8 Å². The molecular weight excluding hydrogens is 595 g/mol. The van der Waals surface area contributed by atoms with Crippen LogP contribution in [0.4, 0.5) is 0 Å². The Balaban J connectivity index is 0.000000606. The number of pyridine rings is 1. The second-order valence-electron chi connectivity index (χ2n) is 10.9. The molecule has 3 aromatic carbocycles. The molecule has 0 bridgehead atoms. The van der Waals surface area contributed by atoms with Crippen LogP contribution in [-0.2, 0) is 13.1 Å². The summed E-state index contributed by atoms with van der Waals surface area (Å²) in [6.45, 7) is 6.39. The number of ether oxygens (including phenoxy) is 1. The molecule has 5 aromatic rings. The average Bonchev–Trinajstić information content (AvgIpc) is 3.50. The molecule has 0 atom stereocenters. The summed E-state index contributed by atoms with van der Waals surface area (Å²) in [4.78, 5) is 36.7. The van der Waals surface area contributed by atoms with Crippen LogP contribution >= 0.6 is 11.3 Å². The number of rotatable bonds is 12. The first-order valence-corrected chi connectivity index (χ1v) is 16.1. The molecule has 46 heavy (non-hydrogen) atoms. The highest BCUT2D eigenvalue weighted by Gasteiger charge is 2.18. The number of hydrogen-bond donors (Lipinski definition) is 2. The van der Waals surface area contributed by atoms with Gasteiger partial charge in [-0.3, -0.25) is 14.6 Å². The molecule has 0 aliphatic rings. The van der Waals surface area contributed by atoms with Crippen LogP contribution in [0.25, 0.3) is 11.1 Å². The van der Waals surface area contributed by atoms with Crippen molar-refractivity contribution in [2.45, 2.75) is 33.4 Å². The van der Waals surface area contributed by atoms with Gasteiger partial charge in [0.25, 0.3) is 11.8 Å². The van der Waals surface area contributed by atoms with Crippen LogP contribution in [0.15, 0.2) is 103 Å². The van der Waals surface area contributed by atoms with Gasteiger partial charge in [-0.15, -0.1) is 11.3 Å². The van der Waals surface area contributed by atoms with E-state index in [1.165, 1.54) is 16.9 Å². The van der Waals surface area contributed by atoms with Gasteiger partial charge in [0.05, 0.1) is 13.7 Å². The van der Waals surface area contributed by atoms with E-state index in [0.717, 1.165) is 52.7 Å². The SMILES string of the molecule is COc1cccc(CNCCCNC(=O)c2cc(C(=O)N(C)Cc3nc(C)cs3)cc(-c3cccnc3)c2)c1.Cc1ccccc1. The molecule has 2 amide bonds. The normalized spacial score (nSPS) is 10.4. The van der Waals surface area contributed by atoms with Crippen molar-refractivity contribution in [2.75, 3.05) is 27.2 Å². The molecule has 0 aliphatic carbocycles. The van der Waals surface area contributed by atoms with Gasteiger partial charge in [0.1, 0.15) is 10.8 Å². The van der Waals surface area contributed by atoms with E-state index in [-0.39, 0.29) is 11.8 Å². The largest absolute Gasteiger partial charge is 0.497 e. The average molecular weight is 636 g/mol. The molecule has 238 valence electrons. The Morgan fingerprint density at radius 3 is 2.37 bits per heavy atom. The minimum Gasteiger partial charge on any atom is -0.497 e. The molecule has 0 radical (unpaired) electrons. The molecule has 2 aromatic heterocycles. The van der Waals surface area contributed by atoms with Crippen molar-refractivity contribution < 1.29 is 14.3 Å². The number of nitrogens with zero attached hydrogens (tertiary/aromatic N) is 3. The van der Waals surface area contributed by atoms with E-state index < -0.39 is 0 Å². The number of methoxy groups -OCH3 is 1. The molecule has 0 aliphatic heterocycles. The summed E-state index contributed by atoms with van der Waals surface area (Å²) < 4.78 is 5.26. The van der Waals surface area contributed by atoms with E-state index >= 15 is 0 Å². The summed E-state index contributed by atoms with van der Waals surface area (Å²) in [7, 11) is 3.40. The lowest BCUT2D eigenvalue weighted by molar-refractivity contribution is 0.0785. The molecule has 0 spiro atoms. The van der Waals surface area contributed by atoms with Gasteiger partial charge in [-0.2, -0.15) is 0 Å². The van der Waals surface area contributed by atoms with Crippen molar-refractivity contribution >= 4 is 23.2 Å². The molecule has 5 rings (SSSR count). The molecule has 0 fully saturated rings. The van der Waals surface area contributed by atoms with Crippen molar-refractivity contribution in [3.63, 3.8) is 0 Å². The highest BCUT2D eigenvalue weighted by molar-refractivity contribution is 7.09. The molecule has 2 N–H and O–H groups in total. The summed E-state index contributed by atoms with van der Waals surface area (Å²) in [5.41, 5.74) is 5.86. The van der Waals surface area contributed by atoms with Gasteiger partial charge >= 0.3 is 0 Å². The van der Waals surface area contributed by atoms with E-state index in [0.29, 0.717) is 24.2 Å². The summed E-state index contributed by atoms with van der Waals surface area (Å²) in [5.74, 6) is 0.433. The number of carbonyl (C=O) groups excluding carboxylic acids is 2. The van der Waals surface area contributed by atoms with Gasteiger partial charge in [0.15, 0.2) is 0 Å². The third kappa shape index (κ3) is 10.6. The minimum atomic E-state index is -0.221. The maximum atomic E-state index is 13.3. The third-order valence-electron chi connectivity index (χ3n) is 7.04. The van der Waals surface area contributed by atoms with E-state index in [9.17, 15) is 9.59 Å². The first-order valence-electron chi connectivity index (χ1n) is 15.2. The Kier molecular flexibility index (Phi) is 13.0. The lowest BCUT2D eigenvalue weighted by Crippen LogP contribution is -2.29. The van der Waals surface area contributed by atoms with Crippen molar-refractivity contribution in [1.29, 1.82) is 0 Å². The van der Waals surface area contributed by atoms with E-state index in [2.05, 4.69) is 39.7 Å². The van der Waals surface area contributed by atoms with Gasteiger partial charge in [-0.1, -0.05) is 54.1 Å². The fourth-order valence-electron chi connectivity index (χ4n) is 4.62. The van der Waals surface area contributed by atoms with E-state index in [1.807, 2.05) is 73.0 Å². The van der Waals surface area contributed by atoms with Crippen LogP contribution in [-0.4, -0.2) is 53.9 Å². The van der Waals surface area contributed by atoms with Crippen LogP contribution in [0.3, 0.4) is 0 Å². The second kappa shape index (κ2) is 17.6. The van der Waals surface area contributed by atoms with Crippen LogP contribution in [0.1, 0.15) is 49.0 Å². The molecule has 0 saturated heterocycles. The Labute approximate surface area is 275 Å². The number of carbonyl (C=O) groups is 2.